The Morgan fingerprint density at radius 1 is 1.16 bits per heavy atom. The van der Waals surface area contributed by atoms with Crippen LogP contribution in [-0.2, 0) is 6.42 Å². The predicted octanol–water partition coefficient (Wildman–Crippen LogP) is 4.66. The lowest BCUT2D eigenvalue weighted by Crippen LogP contribution is -2.14. The van der Waals surface area contributed by atoms with Gasteiger partial charge in [0.1, 0.15) is 17.2 Å². The van der Waals surface area contributed by atoms with Gasteiger partial charge in [0, 0.05) is 24.5 Å². The van der Waals surface area contributed by atoms with Crippen molar-refractivity contribution in [3.8, 4) is 17.2 Å². The van der Waals surface area contributed by atoms with Gasteiger partial charge < -0.3 is 19.9 Å². The van der Waals surface area contributed by atoms with E-state index in [0.717, 1.165) is 0 Å². The molecule has 0 radical (unpaired) electrons. The van der Waals surface area contributed by atoms with Crippen molar-refractivity contribution in [2.24, 2.45) is 0 Å². The van der Waals surface area contributed by atoms with E-state index in [1.807, 2.05) is 0 Å². The fourth-order valence-electron chi connectivity index (χ4n) is 3.31. The molecule has 0 fully saturated rings. The molecule has 0 saturated heterocycles. The van der Waals surface area contributed by atoms with Crippen LogP contribution < -0.4 is 14.8 Å². The summed E-state index contributed by atoms with van der Waals surface area (Å²) in [5.74, 6) is -1.20. The number of benzene rings is 2. The number of aromatic hydroxyl groups is 1. The van der Waals surface area contributed by atoms with Crippen LogP contribution in [0.1, 0.15) is 51.9 Å². The average molecular weight is 542 g/mol. The molecule has 1 aromatic heterocycles. The standard InChI is InChI=1S/C23H23ClF3N5O5/c1-12-10-16(24)17(28-22(35)21-29-31-32-30-21)11-19(12)37-9-3-8-36-18-5-4-14(13(2)33)20(34)15(18)6-7-23(25,26)27/h4-5,10-11,34H,3,6-9H2,1-2H3,(H,28,35)(H,29,30,31,32). The number of phenols is 1. The van der Waals surface area contributed by atoms with E-state index in [4.69, 9.17) is 21.1 Å². The second-order valence-corrected chi connectivity index (χ2v) is 8.37. The molecule has 0 bridgehead atoms. The Morgan fingerprint density at radius 2 is 1.86 bits per heavy atom. The number of rotatable bonds is 11. The number of Topliss-reactive ketones (excluding diaryl/α,β-unsaturated/α-hetero) is 1. The number of halogens is 4. The molecule has 0 aliphatic carbocycles. The van der Waals surface area contributed by atoms with Gasteiger partial charge in [-0.1, -0.05) is 11.6 Å². The van der Waals surface area contributed by atoms with E-state index in [1.165, 1.54) is 25.1 Å². The number of ketones is 1. The number of nitrogens with zero attached hydrogens (tertiary/aromatic N) is 3. The summed E-state index contributed by atoms with van der Waals surface area (Å²) < 4.78 is 49.6. The zero-order chi connectivity index (χ0) is 27.2. The molecular formula is C23H23ClF3N5O5. The number of aromatic nitrogens is 4. The van der Waals surface area contributed by atoms with Gasteiger partial charge in [-0.05, 0) is 54.5 Å². The highest BCUT2D eigenvalue weighted by molar-refractivity contribution is 6.34. The minimum absolute atomic E-state index is 0.0568. The summed E-state index contributed by atoms with van der Waals surface area (Å²) in [5, 5.41) is 25.7. The molecule has 3 aromatic rings. The second-order valence-electron chi connectivity index (χ2n) is 7.96. The summed E-state index contributed by atoms with van der Waals surface area (Å²) in [7, 11) is 0. The molecule has 0 spiro atoms. The zero-order valence-electron chi connectivity index (χ0n) is 19.8. The molecule has 0 saturated carbocycles. The third-order valence-electron chi connectivity index (χ3n) is 5.15. The Bertz CT molecular complexity index is 1270. The molecule has 1 amide bonds. The van der Waals surface area contributed by atoms with Gasteiger partial charge in [-0.15, -0.1) is 5.10 Å². The molecule has 1 heterocycles. The maximum atomic E-state index is 12.8. The summed E-state index contributed by atoms with van der Waals surface area (Å²) in [4.78, 5) is 23.8. The third kappa shape index (κ3) is 7.56. The van der Waals surface area contributed by atoms with Crippen LogP contribution in [0.25, 0.3) is 0 Å². The number of anilines is 1. The minimum Gasteiger partial charge on any atom is -0.507 e. The highest BCUT2D eigenvalue weighted by Crippen LogP contribution is 2.35. The van der Waals surface area contributed by atoms with Crippen molar-refractivity contribution in [1.82, 2.24) is 20.6 Å². The molecule has 198 valence electrons. The number of phenolic OH excluding ortho intramolecular Hbond substituents is 1. The second kappa shape index (κ2) is 11.9. The number of amides is 1. The van der Waals surface area contributed by atoms with Crippen molar-refractivity contribution >= 4 is 29.0 Å². The van der Waals surface area contributed by atoms with Gasteiger partial charge >= 0.3 is 6.18 Å². The molecule has 14 heteroatoms. The van der Waals surface area contributed by atoms with Crippen molar-refractivity contribution < 1.29 is 37.3 Å². The average Bonchev–Trinajstić information content (AvgIpc) is 3.35. The van der Waals surface area contributed by atoms with Gasteiger partial charge in [0.2, 0.25) is 5.82 Å². The first-order valence-electron chi connectivity index (χ1n) is 11.0. The third-order valence-corrected chi connectivity index (χ3v) is 5.47. The normalized spacial score (nSPS) is 11.3. The molecule has 3 N–H and O–H groups in total. The first-order valence-corrected chi connectivity index (χ1v) is 11.4. The predicted molar refractivity (Wildman–Crippen MR) is 126 cm³/mol. The van der Waals surface area contributed by atoms with E-state index >= 15 is 0 Å². The Balaban J connectivity index is 1.61. The van der Waals surface area contributed by atoms with Gasteiger partial charge in [-0.3, -0.25) is 9.59 Å². The lowest BCUT2D eigenvalue weighted by Gasteiger charge is -2.16. The monoisotopic (exact) mass is 541 g/mol. The SMILES string of the molecule is CC(=O)c1ccc(OCCCOc2cc(NC(=O)c3nnn[nH]3)c(Cl)cc2C)c(CCC(F)(F)F)c1O. The van der Waals surface area contributed by atoms with E-state index in [1.54, 1.807) is 13.0 Å². The topological polar surface area (TPSA) is 139 Å². The molecule has 10 nitrogen and oxygen atoms in total. The number of aromatic amines is 1. The molecule has 0 aliphatic rings. The molecule has 0 unspecified atom stereocenters. The lowest BCUT2D eigenvalue weighted by atomic mass is 10.0. The van der Waals surface area contributed by atoms with Gasteiger partial charge in [0.15, 0.2) is 5.78 Å². The quantitative estimate of drug-likeness (QED) is 0.235. The summed E-state index contributed by atoms with van der Waals surface area (Å²) in [6, 6.07) is 5.82. The molecule has 0 atom stereocenters. The molecular weight excluding hydrogens is 519 g/mol. The number of carbonyl (C=O) groups excluding carboxylic acids is 2. The van der Waals surface area contributed by atoms with Crippen LogP contribution in [0.2, 0.25) is 5.02 Å². The maximum absolute atomic E-state index is 12.8. The number of nitrogens with one attached hydrogen (secondary N) is 2. The van der Waals surface area contributed by atoms with Crippen molar-refractivity contribution in [1.29, 1.82) is 0 Å². The number of aryl methyl sites for hydroxylation is 1. The summed E-state index contributed by atoms with van der Waals surface area (Å²) in [6.45, 7) is 3.20. The van der Waals surface area contributed by atoms with E-state index in [2.05, 4.69) is 25.9 Å². The van der Waals surface area contributed by atoms with Crippen LogP contribution in [0.3, 0.4) is 0 Å². The Kier molecular flexibility index (Phi) is 8.92. The van der Waals surface area contributed by atoms with Crippen LogP contribution in [0.15, 0.2) is 24.3 Å². The fraction of sp³-hybridized carbons (Fsp3) is 0.348. The number of alkyl halides is 3. The fourth-order valence-corrected chi connectivity index (χ4v) is 3.58. The number of hydrogen-bond donors (Lipinski definition) is 3. The molecule has 37 heavy (non-hydrogen) atoms. The van der Waals surface area contributed by atoms with Gasteiger partial charge in [-0.25, -0.2) is 5.10 Å². The number of carbonyl (C=O) groups is 2. The van der Waals surface area contributed by atoms with E-state index < -0.39 is 36.5 Å². The number of tetrazole rings is 1. The number of H-pyrrole nitrogens is 1. The van der Waals surface area contributed by atoms with Gasteiger partial charge in [0.25, 0.3) is 5.91 Å². The van der Waals surface area contributed by atoms with E-state index in [0.29, 0.717) is 17.7 Å². The summed E-state index contributed by atoms with van der Waals surface area (Å²) in [6.07, 6.45) is -5.82. The highest BCUT2D eigenvalue weighted by atomic mass is 35.5. The Morgan fingerprint density at radius 3 is 2.49 bits per heavy atom. The molecule has 3 rings (SSSR count). The Hall–Kier alpha value is -3.87. The van der Waals surface area contributed by atoms with E-state index in [9.17, 15) is 27.9 Å². The van der Waals surface area contributed by atoms with Crippen LogP contribution in [-0.4, -0.2) is 56.8 Å². The number of ether oxygens (including phenoxy) is 2. The van der Waals surface area contributed by atoms with E-state index in [-0.39, 0.29) is 46.6 Å². The van der Waals surface area contributed by atoms with Gasteiger partial charge in [0.05, 0.1) is 29.5 Å². The van der Waals surface area contributed by atoms with Crippen molar-refractivity contribution in [2.45, 2.75) is 39.3 Å². The van der Waals surface area contributed by atoms with Crippen molar-refractivity contribution in [2.75, 3.05) is 18.5 Å². The van der Waals surface area contributed by atoms with Crippen molar-refractivity contribution in [3.63, 3.8) is 0 Å². The largest absolute Gasteiger partial charge is 0.507 e. The smallest absolute Gasteiger partial charge is 0.389 e. The van der Waals surface area contributed by atoms with Crippen LogP contribution in [0.5, 0.6) is 17.2 Å². The molecule has 2 aromatic carbocycles. The first-order chi connectivity index (χ1) is 17.5. The van der Waals surface area contributed by atoms with Crippen molar-refractivity contribution in [3.05, 3.63) is 51.8 Å². The molecule has 0 aliphatic heterocycles. The van der Waals surface area contributed by atoms with Crippen LogP contribution in [0, 0.1) is 6.92 Å². The minimum atomic E-state index is -4.44. The van der Waals surface area contributed by atoms with Crippen LogP contribution in [0.4, 0.5) is 18.9 Å². The maximum Gasteiger partial charge on any atom is 0.389 e. The summed E-state index contributed by atoms with van der Waals surface area (Å²) in [5.41, 5.74) is 0.815. The zero-order valence-corrected chi connectivity index (χ0v) is 20.5. The number of hydrogen-bond acceptors (Lipinski definition) is 8. The van der Waals surface area contributed by atoms with Crippen LogP contribution >= 0.6 is 11.6 Å². The lowest BCUT2D eigenvalue weighted by molar-refractivity contribution is -0.134. The Labute approximate surface area is 214 Å². The van der Waals surface area contributed by atoms with Gasteiger partial charge in [-0.2, -0.15) is 13.2 Å². The first kappa shape index (κ1) is 27.7. The summed E-state index contributed by atoms with van der Waals surface area (Å²) >= 11 is 6.21. The highest BCUT2D eigenvalue weighted by Gasteiger charge is 2.29.